The highest BCUT2D eigenvalue weighted by Crippen LogP contribution is 2.31. The molecule has 0 radical (unpaired) electrons. The Balaban J connectivity index is 3.13. The average molecular weight is 279 g/mol. The molecular weight excluding hydrogens is 250 g/mol. The number of hydrogen-bond acceptors (Lipinski definition) is 3. The summed E-state index contributed by atoms with van der Waals surface area (Å²) in [6.45, 7) is 9.68. The Morgan fingerprint density at radius 1 is 0.950 bits per heavy atom. The van der Waals surface area contributed by atoms with Crippen molar-refractivity contribution in [1.29, 1.82) is 0 Å². The largest absolute Gasteiger partial charge is 0.494 e. The van der Waals surface area contributed by atoms with Crippen LogP contribution >= 0.6 is 0 Å². The molecule has 0 saturated carbocycles. The fourth-order valence-electron chi connectivity index (χ4n) is 2.27. The first kappa shape index (κ1) is 16.8. The van der Waals surface area contributed by atoms with Crippen LogP contribution in [0.4, 0.5) is 0 Å². The van der Waals surface area contributed by atoms with Gasteiger partial charge in [0.15, 0.2) is 0 Å². The Bertz CT molecular complexity index is 404. The third kappa shape index (κ3) is 4.71. The Hall–Kier alpha value is -1.22. The van der Waals surface area contributed by atoms with Crippen LogP contribution in [0.5, 0.6) is 11.5 Å². The molecule has 3 heteroatoms. The maximum atomic E-state index is 6.09. The fraction of sp³-hybridized carbons (Fsp3) is 0.647. The molecule has 0 aliphatic rings. The van der Waals surface area contributed by atoms with Crippen molar-refractivity contribution in [2.24, 2.45) is 5.73 Å². The minimum absolute atomic E-state index is 0.167. The van der Waals surface area contributed by atoms with Crippen molar-refractivity contribution in [2.45, 2.75) is 59.4 Å². The van der Waals surface area contributed by atoms with Crippen molar-refractivity contribution in [3.05, 3.63) is 23.3 Å². The topological polar surface area (TPSA) is 44.5 Å². The van der Waals surface area contributed by atoms with E-state index in [1.807, 2.05) is 13.8 Å². The maximum absolute atomic E-state index is 6.09. The van der Waals surface area contributed by atoms with Gasteiger partial charge in [0.2, 0.25) is 0 Å². The zero-order chi connectivity index (χ0) is 15.0. The molecule has 3 nitrogen and oxygen atoms in total. The molecule has 1 aromatic carbocycles. The van der Waals surface area contributed by atoms with E-state index in [1.54, 1.807) is 0 Å². The third-order valence-electron chi connectivity index (χ3n) is 3.37. The summed E-state index contributed by atoms with van der Waals surface area (Å²) in [7, 11) is 0. The predicted octanol–water partition coefficient (Wildman–Crippen LogP) is 3.72. The van der Waals surface area contributed by atoms with Crippen molar-refractivity contribution < 1.29 is 9.47 Å². The van der Waals surface area contributed by atoms with Gasteiger partial charge in [-0.3, -0.25) is 0 Å². The summed E-state index contributed by atoms with van der Waals surface area (Å²) in [5.74, 6) is 1.94. The van der Waals surface area contributed by atoms with Crippen LogP contribution in [-0.4, -0.2) is 19.3 Å². The minimum atomic E-state index is 0.167. The second-order valence-electron chi connectivity index (χ2n) is 5.06. The van der Waals surface area contributed by atoms with Gasteiger partial charge in [0, 0.05) is 6.04 Å². The molecule has 1 unspecified atom stereocenters. The van der Waals surface area contributed by atoms with E-state index in [-0.39, 0.29) is 6.04 Å². The number of rotatable bonds is 9. The smallest absolute Gasteiger partial charge is 0.123 e. The van der Waals surface area contributed by atoms with Crippen molar-refractivity contribution in [1.82, 2.24) is 0 Å². The lowest BCUT2D eigenvalue weighted by Crippen LogP contribution is -2.22. The standard InChI is InChI=1S/C17H29NO2/c1-5-9-13-11-17(20-8-4)14(10-15(18)6-2)12-16(13)19-7-3/h11-12,15H,5-10,18H2,1-4H3. The van der Waals surface area contributed by atoms with Gasteiger partial charge < -0.3 is 15.2 Å². The molecule has 2 N–H and O–H groups in total. The summed E-state index contributed by atoms with van der Waals surface area (Å²) in [5, 5.41) is 0. The van der Waals surface area contributed by atoms with Gasteiger partial charge in [0.05, 0.1) is 13.2 Å². The van der Waals surface area contributed by atoms with Gasteiger partial charge in [0.1, 0.15) is 11.5 Å². The molecule has 0 aliphatic carbocycles. The Morgan fingerprint density at radius 3 is 2.00 bits per heavy atom. The normalized spacial score (nSPS) is 12.2. The monoisotopic (exact) mass is 279 g/mol. The highest BCUT2D eigenvalue weighted by atomic mass is 16.5. The third-order valence-corrected chi connectivity index (χ3v) is 3.37. The lowest BCUT2D eigenvalue weighted by atomic mass is 9.99. The van der Waals surface area contributed by atoms with E-state index in [4.69, 9.17) is 15.2 Å². The molecule has 0 bridgehead atoms. The van der Waals surface area contributed by atoms with E-state index in [2.05, 4.69) is 26.0 Å². The number of aryl methyl sites for hydroxylation is 1. The van der Waals surface area contributed by atoms with Gasteiger partial charge in [-0.15, -0.1) is 0 Å². The highest BCUT2D eigenvalue weighted by molar-refractivity contribution is 5.47. The Labute approximate surface area is 123 Å². The number of benzene rings is 1. The molecule has 1 atom stereocenters. The molecule has 114 valence electrons. The fourth-order valence-corrected chi connectivity index (χ4v) is 2.27. The zero-order valence-corrected chi connectivity index (χ0v) is 13.4. The predicted molar refractivity (Wildman–Crippen MR) is 84.7 cm³/mol. The van der Waals surface area contributed by atoms with Crippen LogP contribution in [0.25, 0.3) is 0 Å². The van der Waals surface area contributed by atoms with E-state index in [9.17, 15) is 0 Å². The van der Waals surface area contributed by atoms with Crippen LogP contribution in [0.15, 0.2) is 12.1 Å². The first-order valence-electron chi connectivity index (χ1n) is 7.83. The van der Waals surface area contributed by atoms with Gasteiger partial charge >= 0.3 is 0 Å². The highest BCUT2D eigenvalue weighted by Gasteiger charge is 2.13. The summed E-state index contributed by atoms with van der Waals surface area (Å²) < 4.78 is 11.6. The number of hydrogen-bond donors (Lipinski definition) is 1. The van der Waals surface area contributed by atoms with Crippen LogP contribution in [-0.2, 0) is 12.8 Å². The Kier molecular flexibility index (Phi) is 7.45. The van der Waals surface area contributed by atoms with Gasteiger partial charge in [-0.25, -0.2) is 0 Å². The zero-order valence-electron chi connectivity index (χ0n) is 13.4. The molecule has 0 amide bonds. The van der Waals surface area contributed by atoms with Gasteiger partial charge in [-0.1, -0.05) is 20.3 Å². The second kappa shape index (κ2) is 8.85. The van der Waals surface area contributed by atoms with Crippen LogP contribution < -0.4 is 15.2 Å². The number of ether oxygens (including phenoxy) is 2. The maximum Gasteiger partial charge on any atom is 0.123 e. The molecule has 0 fully saturated rings. The van der Waals surface area contributed by atoms with E-state index >= 15 is 0 Å². The second-order valence-corrected chi connectivity index (χ2v) is 5.06. The van der Waals surface area contributed by atoms with E-state index < -0.39 is 0 Å². The summed E-state index contributed by atoms with van der Waals surface area (Å²) in [5.41, 5.74) is 8.48. The lowest BCUT2D eigenvalue weighted by Gasteiger charge is -2.18. The first-order valence-corrected chi connectivity index (χ1v) is 7.83. The van der Waals surface area contributed by atoms with Crippen LogP contribution in [0.1, 0.15) is 51.7 Å². The molecule has 1 rings (SSSR count). The van der Waals surface area contributed by atoms with Crippen LogP contribution in [0.2, 0.25) is 0 Å². The van der Waals surface area contributed by atoms with Crippen molar-refractivity contribution in [3.63, 3.8) is 0 Å². The van der Waals surface area contributed by atoms with E-state index in [1.165, 1.54) is 5.56 Å². The van der Waals surface area contributed by atoms with Crippen LogP contribution in [0.3, 0.4) is 0 Å². The lowest BCUT2D eigenvalue weighted by molar-refractivity contribution is 0.323. The summed E-state index contributed by atoms with van der Waals surface area (Å²) in [6.07, 6.45) is 3.90. The van der Waals surface area contributed by atoms with Gasteiger partial charge in [-0.2, -0.15) is 0 Å². The minimum Gasteiger partial charge on any atom is -0.494 e. The van der Waals surface area contributed by atoms with E-state index in [0.29, 0.717) is 13.2 Å². The summed E-state index contributed by atoms with van der Waals surface area (Å²) in [4.78, 5) is 0. The number of nitrogens with two attached hydrogens (primary N) is 1. The van der Waals surface area contributed by atoms with Gasteiger partial charge in [0.25, 0.3) is 0 Å². The van der Waals surface area contributed by atoms with Crippen LogP contribution in [0, 0.1) is 0 Å². The molecule has 0 spiro atoms. The van der Waals surface area contributed by atoms with Crippen molar-refractivity contribution >= 4 is 0 Å². The average Bonchev–Trinajstić information content (AvgIpc) is 2.43. The SMILES string of the molecule is CCCc1cc(OCC)c(CC(N)CC)cc1OCC. The van der Waals surface area contributed by atoms with Gasteiger partial charge in [-0.05, 0) is 56.4 Å². The van der Waals surface area contributed by atoms with E-state index in [0.717, 1.165) is 42.7 Å². The van der Waals surface area contributed by atoms with Crippen molar-refractivity contribution in [3.8, 4) is 11.5 Å². The molecule has 0 aliphatic heterocycles. The first-order chi connectivity index (χ1) is 9.65. The molecular formula is C17H29NO2. The molecule has 0 saturated heterocycles. The Morgan fingerprint density at radius 2 is 1.50 bits per heavy atom. The molecule has 20 heavy (non-hydrogen) atoms. The molecule has 1 aromatic rings. The summed E-state index contributed by atoms with van der Waals surface area (Å²) >= 11 is 0. The quantitative estimate of drug-likeness (QED) is 0.749. The summed E-state index contributed by atoms with van der Waals surface area (Å²) in [6, 6.07) is 4.42. The molecule has 0 aromatic heterocycles. The van der Waals surface area contributed by atoms with Crippen molar-refractivity contribution in [2.75, 3.05) is 13.2 Å². The molecule has 0 heterocycles.